The van der Waals surface area contributed by atoms with E-state index in [4.69, 9.17) is 16.0 Å². The van der Waals surface area contributed by atoms with Gasteiger partial charge >= 0.3 is 0 Å². The van der Waals surface area contributed by atoms with E-state index in [0.29, 0.717) is 35.0 Å². The fourth-order valence-corrected chi connectivity index (χ4v) is 3.68. The van der Waals surface area contributed by atoms with Crippen LogP contribution in [0, 0.1) is 0 Å². The molecule has 3 nitrogen and oxygen atoms in total. The Balaban J connectivity index is 1.73. The number of fused-ring (bicyclic) bond motifs is 1. The summed E-state index contributed by atoms with van der Waals surface area (Å²) >= 11 is 6.15. The number of hydrogen-bond donors (Lipinski definition) is 1. The Labute approximate surface area is 123 Å². The van der Waals surface area contributed by atoms with Gasteiger partial charge in [0, 0.05) is 24.0 Å². The molecule has 1 saturated heterocycles. The second-order valence-electron chi connectivity index (χ2n) is 6.26. The van der Waals surface area contributed by atoms with E-state index in [-0.39, 0.29) is 0 Å². The van der Waals surface area contributed by atoms with Gasteiger partial charge in [0.05, 0.1) is 5.02 Å². The van der Waals surface area contributed by atoms with Crippen molar-refractivity contribution in [2.45, 2.75) is 43.9 Å². The van der Waals surface area contributed by atoms with E-state index >= 15 is 0 Å². The van der Waals surface area contributed by atoms with Crippen molar-refractivity contribution in [2.75, 3.05) is 6.54 Å². The highest BCUT2D eigenvalue weighted by Gasteiger charge is 2.48. The summed E-state index contributed by atoms with van der Waals surface area (Å²) in [6.45, 7) is 2.85. The van der Waals surface area contributed by atoms with Crippen LogP contribution in [0.1, 0.15) is 31.9 Å². The standard InChI is InChI=1S/C16H18ClNO2/c1-10-8-16(19,9-18(10)12-5-6-12)14-7-11-3-2-4-13(17)15(11)20-14/h2-4,7,10,12,19H,5-6,8-9H2,1H3. The second kappa shape index (κ2) is 4.23. The van der Waals surface area contributed by atoms with Gasteiger partial charge in [-0.3, -0.25) is 4.90 Å². The van der Waals surface area contributed by atoms with E-state index < -0.39 is 5.60 Å². The van der Waals surface area contributed by atoms with E-state index in [1.807, 2.05) is 24.3 Å². The van der Waals surface area contributed by atoms with Crippen molar-refractivity contribution >= 4 is 22.6 Å². The first-order chi connectivity index (χ1) is 9.57. The van der Waals surface area contributed by atoms with Crippen molar-refractivity contribution < 1.29 is 9.52 Å². The average molecular weight is 292 g/mol. The van der Waals surface area contributed by atoms with Crippen molar-refractivity contribution in [2.24, 2.45) is 0 Å². The Kier molecular flexibility index (Phi) is 2.69. The molecule has 2 unspecified atom stereocenters. The minimum absolute atomic E-state index is 0.399. The Bertz CT molecular complexity index is 664. The predicted octanol–water partition coefficient (Wildman–Crippen LogP) is 3.53. The molecule has 4 rings (SSSR count). The van der Waals surface area contributed by atoms with Crippen LogP contribution in [0.25, 0.3) is 11.0 Å². The van der Waals surface area contributed by atoms with Crippen LogP contribution in [0.4, 0.5) is 0 Å². The molecule has 2 aromatic rings. The SMILES string of the molecule is CC1CC(O)(c2cc3cccc(Cl)c3o2)CN1C1CC1. The zero-order valence-corrected chi connectivity index (χ0v) is 12.2. The quantitative estimate of drug-likeness (QED) is 0.919. The van der Waals surface area contributed by atoms with Crippen LogP contribution < -0.4 is 0 Å². The molecule has 0 bridgehead atoms. The number of halogens is 1. The molecule has 1 aliphatic heterocycles. The third kappa shape index (κ3) is 1.88. The molecule has 0 amide bonds. The maximum Gasteiger partial charge on any atom is 0.153 e. The van der Waals surface area contributed by atoms with Gasteiger partial charge in [-0.05, 0) is 38.3 Å². The minimum Gasteiger partial charge on any atom is -0.456 e. The number of para-hydroxylation sites is 1. The van der Waals surface area contributed by atoms with E-state index in [0.717, 1.165) is 11.8 Å². The highest BCUT2D eigenvalue weighted by molar-refractivity contribution is 6.34. The van der Waals surface area contributed by atoms with Crippen LogP contribution in [0.3, 0.4) is 0 Å². The molecule has 20 heavy (non-hydrogen) atoms. The molecule has 1 aromatic heterocycles. The van der Waals surface area contributed by atoms with Gasteiger partial charge in [0.25, 0.3) is 0 Å². The fraction of sp³-hybridized carbons (Fsp3) is 0.500. The highest BCUT2D eigenvalue weighted by Crippen LogP contribution is 2.43. The van der Waals surface area contributed by atoms with E-state index in [1.165, 1.54) is 12.8 Å². The lowest BCUT2D eigenvalue weighted by Crippen LogP contribution is -2.33. The minimum atomic E-state index is -0.885. The summed E-state index contributed by atoms with van der Waals surface area (Å²) in [6.07, 6.45) is 3.24. The van der Waals surface area contributed by atoms with Gasteiger partial charge in [-0.25, -0.2) is 0 Å². The van der Waals surface area contributed by atoms with E-state index in [9.17, 15) is 5.11 Å². The van der Waals surface area contributed by atoms with Crippen LogP contribution in [0.2, 0.25) is 5.02 Å². The van der Waals surface area contributed by atoms with Gasteiger partial charge in [-0.15, -0.1) is 0 Å². The second-order valence-corrected chi connectivity index (χ2v) is 6.66. The van der Waals surface area contributed by atoms with Gasteiger partial charge < -0.3 is 9.52 Å². The molecule has 4 heteroatoms. The third-order valence-corrected chi connectivity index (χ3v) is 4.91. The van der Waals surface area contributed by atoms with Crippen molar-refractivity contribution in [3.8, 4) is 0 Å². The Morgan fingerprint density at radius 2 is 2.20 bits per heavy atom. The molecule has 106 valence electrons. The molecule has 1 aromatic carbocycles. The number of rotatable bonds is 2. The van der Waals surface area contributed by atoms with Crippen molar-refractivity contribution in [1.29, 1.82) is 0 Å². The molecule has 1 N–H and O–H groups in total. The van der Waals surface area contributed by atoms with Crippen LogP contribution >= 0.6 is 11.6 Å². The Hall–Kier alpha value is -1.03. The molecular weight excluding hydrogens is 274 g/mol. The zero-order chi connectivity index (χ0) is 13.9. The summed E-state index contributed by atoms with van der Waals surface area (Å²) in [5, 5.41) is 12.5. The van der Waals surface area contributed by atoms with Crippen molar-refractivity contribution in [3.63, 3.8) is 0 Å². The highest BCUT2D eigenvalue weighted by atomic mass is 35.5. The molecular formula is C16H18ClNO2. The Morgan fingerprint density at radius 3 is 2.90 bits per heavy atom. The largest absolute Gasteiger partial charge is 0.456 e. The third-order valence-electron chi connectivity index (χ3n) is 4.61. The number of furan rings is 1. The van der Waals surface area contributed by atoms with Gasteiger partial charge in [-0.1, -0.05) is 23.7 Å². The number of likely N-dealkylation sites (tertiary alicyclic amines) is 1. The van der Waals surface area contributed by atoms with Crippen LogP contribution in [-0.2, 0) is 5.60 Å². The number of aliphatic hydroxyl groups is 1. The molecule has 2 aliphatic rings. The molecule has 2 fully saturated rings. The fourth-order valence-electron chi connectivity index (χ4n) is 3.46. The molecule has 2 heterocycles. The first-order valence-corrected chi connectivity index (χ1v) is 7.61. The average Bonchev–Trinajstić information content (AvgIpc) is 3.05. The molecule has 1 aliphatic carbocycles. The van der Waals surface area contributed by atoms with Gasteiger partial charge in [0.1, 0.15) is 11.4 Å². The van der Waals surface area contributed by atoms with Gasteiger partial charge in [0.15, 0.2) is 5.58 Å². The smallest absolute Gasteiger partial charge is 0.153 e. The summed E-state index contributed by atoms with van der Waals surface area (Å²) in [5.74, 6) is 0.649. The summed E-state index contributed by atoms with van der Waals surface area (Å²) in [4.78, 5) is 2.41. The predicted molar refractivity (Wildman–Crippen MR) is 78.9 cm³/mol. The molecule has 1 saturated carbocycles. The maximum atomic E-state index is 11.0. The first-order valence-electron chi connectivity index (χ1n) is 7.23. The topological polar surface area (TPSA) is 36.6 Å². The van der Waals surface area contributed by atoms with Crippen LogP contribution in [0.15, 0.2) is 28.7 Å². The number of nitrogens with zero attached hydrogens (tertiary/aromatic N) is 1. The lowest BCUT2D eigenvalue weighted by molar-refractivity contribution is 0.0249. The van der Waals surface area contributed by atoms with Crippen molar-refractivity contribution in [1.82, 2.24) is 4.90 Å². The first kappa shape index (κ1) is 12.7. The van der Waals surface area contributed by atoms with Crippen LogP contribution in [-0.4, -0.2) is 28.6 Å². The monoisotopic (exact) mass is 291 g/mol. The normalized spacial score (nSPS) is 31.2. The number of β-amino-alcohol motifs (C(OH)–C–C–N with tert-alkyl or cyclic N) is 1. The summed E-state index contributed by atoms with van der Waals surface area (Å²) in [5.41, 5.74) is -0.209. The lowest BCUT2D eigenvalue weighted by atomic mass is 9.97. The van der Waals surface area contributed by atoms with Gasteiger partial charge in [-0.2, -0.15) is 0 Å². The zero-order valence-electron chi connectivity index (χ0n) is 11.5. The molecule has 0 radical (unpaired) electrons. The maximum absolute atomic E-state index is 11.0. The molecule has 2 atom stereocenters. The summed E-state index contributed by atoms with van der Waals surface area (Å²) < 4.78 is 5.87. The molecule has 0 spiro atoms. The van der Waals surface area contributed by atoms with Crippen molar-refractivity contribution in [3.05, 3.63) is 35.0 Å². The van der Waals surface area contributed by atoms with Crippen LogP contribution in [0.5, 0.6) is 0 Å². The van der Waals surface area contributed by atoms with E-state index in [2.05, 4.69) is 11.8 Å². The number of hydrogen-bond acceptors (Lipinski definition) is 3. The summed E-state index contributed by atoms with van der Waals surface area (Å²) in [6, 6.07) is 8.68. The Morgan fingerprint density at radius 1 is 1.40 bits per heavy atom. The van der Waals surface area contributed by atoms with Gasteiger partial charge in [0.2, 0.25) is 0 Å². The number of benzene rings is 1. The van der Waals surface area contributed by atoms with E-state index in [1.54, 1.807) is 0 Å². The summed E-state index contributed by atoms with van der Waals surface area (Å²) in [7, 11) is 0. The lowest BCUT2D eigenvalue weighted by Gasteiger charge is -2.21.